The van der Waals surface area contributed by atoms with Gasteiger partial charge in [-0.3, -0.25) is 0 Å². The van der Waals surface area contributed by atoms with E-state index in [1.54, 1.807) is 0 Å². The second-order valence-electron chi connectivity index (χ2n) is 4.00. The molecular weight excluding hydrogens is 174 g/mol. The Morgan fingerprint density at radius 2 is 1.86 bits per heavy atom. The van der Waals surface area contributed by atoms with Crippen LogP contribution in [0.2, 0.25) is 0 Å². The summed E-state index contributed by atoms with van der Waals surface area (Å²) < 4.78 is 5.88. The van der Waals surface area contributed by atoms with Crippen LogP contribution in [-0.4, -0.2) is 24.8 Å². The van der Waals surface area contributed by atoms with Gasteiger partial charge in [-0.15, -0.1) is 0 Å². The third kappa shape index (κ3) is 3.97. The van der Waals surface area contributed by atoms with E-state index in [0.717, 1.165) is 19.6 Å². The second kappa shape index (κ2) is 7.24. The summed E-state index contributed by atoms with van der Waals surface area (Å²) in [5, 5.41) is 3.53. The summed E-state index contributed by atoms with van der Waals surface area (Å²) in [6.45, 7) is 12.7. The molecule has 0 radical (unpaired) electrons. The van der Waals surface area contributed by atoms with Crippen molar-refractivity contribution in [1.82, 2.24) is 5.32 Å². The average molecular weight is 201 g/mol. The first-order chi connectivity index (χ1) is 6.64. The Morgan fingerprint density at radius 1 is 1.21 bits per heavy atom. The normalized spacial score (nSPS) is 17.8. The van der Waals surface area contributed by atoms with Crippen molar-refractivity contribution in [3.05, 3.63) is 0 Å². The molecular formula is C12H27NO. The van der Waals surface area contributed by atoms with Crippen molar-refractivity contribution in [1.29, 1.82) is 0 Å². The predicted octanol–water partition coefficient (Wildman–Crippen LogP) is 2.97. The molecule has 0 saturated carbocycles. The molecule has 0 spiro atoms. The minimum absolute atomic E-state index is 0.000764. The molecule has 86 valence electrons. The molecule has 0 bridgehead atoms. The summed E-state index contributed by atoms with van der Waals surface area (Å²) in [6.07, 6.45) is 3.47. The monoisotopic (exact) mass is 201 g/mol. The summed E-state index contributed by atoms with van der Waals surface area (Å²) in [4.78, 5) is 0. The minimum atomic E-state index is 0.000764. The Labute approximate surface area is 89.4 Å². The molecule has 0 aliphatic rings. The first kappa shape index (κ1) is 13.9. The fourth-order valence-electron chi connectivity index (χ4n) is 1.94. The van der Waals surface area contributed by atoms with E-state index in [2.05, 4.69) is 39.9 Å². The van der Waals surface area contributed by atoms with Crippen LogP contribution in [0, 0.1) is 0 Å². The lowest BCUT2D eigenvalue weighted by atomic mass is 9.89. The zero-order valence-electron chi connectivity index (χ0n) is 10.5. The van der Waals surface area contributed by atoms with Gasteiger partial charge in [0.2, 0.25) is 0 Å². The fourth-order valence-corrected chi connectivity index (χ4v) is 1.94. The summed E-state index contributed by atoms with van der Waals surface area (Å²) in [6, 6.07) is 0.488. The molecule has 2 unspecified atom stereocenters. The molecule has 0 fully saturated rings. The molecule has 0 aromatic carbocycles. The van der Waals surface area contributed by atoms with Gasteiger partial charge in [-0.2, -0.15) is 0 Å². The number of hydrogen-bond donors (Lipinski definition) is 1. The van der Waals surface area contributed by atoms with Crippen LogP contribution in [0.5, 0.6) is 0 Å². The van der Waals surface area contributed by atoms with Gasteiger partial charge in [0, 0.05) is 12.6 Å². The van der Waals surface area contributed by atoms with Crippen LogP contribution in [0.1, 0.15) is 53.9 Å². The third-order valence-corrected chi connectivity index (χ3v) is 2.94. The van der Waals surface area contributed by atoms with Gasteiger partial charge in [0.1, 0.15) is 0 Å². The SMILES string of the molecule is CCCC(NCC)C(C)(CC)OCC. The highest BCUT2D eigenvalue weighted by atomic mass is 16.5. The van der Waals surface area contributed by atoms with E-state index in [-0.39, 0.29) is 5.60 Å². The van der Waals surface area contributed by atoms with Crippen LogP contribution in [0.15, 0.2) is 0 Å². The van der Waals surface area contributed by atoms with Crippen molar-refractivity contribution in [3.63, 3.8) is 0 Å². The maximum atomic E-state index is 5.88. The first-order valence-electron chi connectivity index (χ1n) is 6.01. The van der Waals surface area contributed by atoms with E-state index in [0.29, 0.717) is 6.04 Å². The highest BCUT2D eigenvalue weighted by Crippen LogP contribution is 2.23. The molecule has 2 atom stereocenters. The third-order valence-electron chi connectivity index (χ3n) is 2.94. The predicted molar refractivity (Wildman–Crippen MR) is 62.7 cm³/mol. The lowest BCUT2D eigenvalue weighted by Gasteiger charge is -2.37. The quantitative estimate of drug-likeness (QED) is 0.652. The van der Waals surface area contributed by atoms with Crippen molar-refractivity contribution in [2.75, 3.05) is 13.2 Å². The van der Waals surface area contributed by atoms with Crippen molar-refractivity contribution in [2.24, 2.45) is 0 Å². The number of hydrogen-bond acceptors (Lipinski definition) is 2. The molecule has 0 rings (SSSR count). The topological polar surface area (TPSA) is 21.3 Å². The summed E-state index contributed by atoms with van der Waals surface area (Å²) in [7, 11) is 0. The van der Waals surface area contributed by atoms with Gasteiger partial charge in [-0.25, -0.2) is 0 Å². The second-order valence-corrected chi connectivity index (χ2v) is 4.00. The maximum absolute atomic E-state index is 5.88. The molecule has 1 N–H and O–H groups in total. The van der Waals surface area contributed by atoms with Gasteiger partial charge in [-0.05, 0) is 33.2 Å². The number of likely N-dealkylation sites (N-methyl/N-ethyl adjacent to an activating group) is 1. The van der Waals surface area contributed by atoms with Crippen LogP contribution in [-0.2, 0) is 4.74 Å². The number of ether oxygens (including phenoxy) is 1. The zero-order valence-corrected chi connectivity index (χ0v) is 10.5. The number of rotatable bonds is 8. The minimum Gasteiger partial charge on any atom is -0.374 e. The molecule has 0 aromatic heterocycles. The lowest BCUT2D eigenvalue weighted by molar-refractivity contribution is -0.0567. The van der Waals surface area contributed by atoms with Crippen LogP contribution in [0.25, 0.3) is 0 Å². The molecule has 0 saturated heterocycles. The van der Waals surface area contributed by atoms with Crippen LogP contribution < -0.4 is 5.32 Å². The summed E-state index contributed by atoms with van der Waals surface area (Å²) in [5.41, 5.74) is 0.000764. The molecule has 2 heteroatoms. The van der Waals surface area contributed by atoms with Crippen molar-refractivity contribution < 1.29 is 4.74 Å². The van der Waals surface area contributed by atoms with Crippen molar-refractivity contribution in [3.8, 4) is 0 Å². The van der Waals surface area contributed by atoms with Gasteiger partial charge in [-0.1, -0.05) is 27.2 Å². The lowest BCUT2D eigenvalue weighted by Crippen LogP contribution is -2.50. The Hall–Kier alpha value is -0.0800. The molecule has 0 amide bonds. The molecule has 0 aromatic rings. The maximum Gasteiger partial charge on any atom is 0.0803 e. The van der Waals surface area contributed by atoms with Crippen LogP contribution in [0.4, 0.5) is 0 Å². The smallest absolute Gasteiger partial charge is 0.0803 e. The Balaban J connectivity index is 4.37. The Morgan fingerprint density at radius 3 is 2.21 bits per heavy atom. The van der Waals surface area contributed by atoms with Gasteiger partial charge in [0.15, 0.2) is 0 Å². The van der Waals surface area contributed by atoms with Gasteiger partial charge in [0.25, 0.3) is 0 Å². The highest BCUT2D eigenvalue weighted by Gasteiger charge is 2.31. The van der Waals surface area contributed by atoms with E-state index in [1.807, 2.05) is 0 Å². The first-order valence-corrected chi connectivity index (χ1v) is 6.01. The van der Waals surface area contributed by atoms with Crippen molar-refractivity contribution in [2.45, 2.75) is 65.5 Å². The summed E-state index contributed by atoms with van der Waals surface area (Å²) >= 11 is 0. The number of nitrogens with one attached hydrogen (secondary N) is 1. The molecule has 0 heterocycles. The zero-order chi connectivity index (χ0) is 11.0. The van der Waals surface area contributed by atoms with Crippen molar-refractivity contribution >= 4 is 0 Å². The van der Waals surface area contributed by atoms with E-state index >= 15 is 0 Å². The van der Waals surface area contributed by atoms with E-state index in [9.17, 15) is 0 Å². The molecule has 14 heavy (non-hydrogen) atoms. The molecule has 0 aliphatic carbocycles. The van der Waals surface area contributed by atoms with Gasteiger partial charge >= 0.3 is 0 Å². The van der Waals surface area contributed by atoms with E-state index < -0.39 is 0 Å². The van der Waals surface area contributed by atoms with Crippen LogP contribution in [0.3, 0.4) is 0 Å². The van der Waals surface area contributed by atoms with Gasteiger partial charge in [0.05, 0.1) is 5.60 Å². The van der Waals surface area contributed by atoms with E-state index in [4.69, 9.17) is 4.74 Å². The van der Waals surface area contributed by atoms with Gasteiger partial charge < -0.3 is 10.1 Å². The summed E-state index contributed by atoms with van der Waals surface area (Å²) in [5.74, 6) is 0. The Bertz CT molecular complexity index is 132. The molecule has 2 nitrogen and oxygen atoms in total. The standard InChI is InChI=1S/C12H27NO/c1-6-10-11(13-8-3)12(5,7-2)14-9-4/h11,13H,6-10H2,1-5H3. The van der Waals surface area contributed by atoms with Crippen LogP contribution >= 0.6 is 0 Å². The Kier molecular flexibility index (Phi) is 7.20. The fraction of sp³-hybridized carbons (Fsp3) is 1.00. The average Bonchev–Trinajstić information content (AvgIpc) is 2.18. The highest BCUT2D eigenvalue weighted by molar-refractivity contribution is 4.88. The molecule has 0 aliphatic heterocycles. The van der Waals surface area contributed by atoms with E-state index in [1.165, 1.54) is 12.8 Å². The largest absolute Gasteiger partial charge is 0.374 e.